The molecule has 112 valence electrons. The zero-order valence-corrected chi connectivity index (χ0v) is 14.0. The van der Waals surface area contributed by atoms with E-state index in [2.05, 4.69) is 57.3 Å². The number of anilines is 1. The van der Waals surface area contributed by atoms with Gasteiger partial charge in [-0.2, -0.15) is 0 Å². The van der Waals surface area contributed by atoms with Crippen molar-refractivity contribution >= 4 is 17.3 Å². The molecule has 0 aliphatic heterocycles. The van der Waals surface area contributed by atoms with E-state index in [1.165, 1.54) is 16.8 Å². The molecule has 2 aromatic carbocycles. The van der Waals surface area contributed by atoms with Crippen LogP contribution >= 0.6 is 11.6 Å². The molecule has 0 unspecified atom stereocenters. The summed E-state index contributed by atoms with van der Waals surface area (Å²) >= 11 is 6.22. The van der Waals surface area contributed by atoms with Gasteiger partial charge in [-0.15, -0.1) is 0 Å². The summed E-state index contributed by atoms with van der Waals surface area (Å²) in [4.78, 5) is 0. The molecular formula is C19H24ClN. The number of benzene rings is 2. The lowest BCUT2D eigenvalue weighted by atomic mass is 9.94. The first-order valence-electron chi connectivity index (χ1n) is 7.60. The fraction of sp³-hybridized carbons (Fsp3) is 0.368. The maximum Gasteiger partial charge on any atom is 0.0455 e. The molecule has 21 heavy (non-hydrogen) atoms. The minimum absolute atomic E-state index is 0.498. The van der Waals surface area contributed by atoms with Crippen LogP contribution in [0, 0.1) is 0 Å². The minimum atomic E-state index is 0.498. The molecule has 2 rings (SSSR count). The monoisotopic (exact) mass is 301 g/mol. The van der Waals surface area contributed by atoms with E-state index in [9.17, 15) is 0 Å². The van der Waals surface area contributed by atoms with Gasteiger partial charge in [0.2, 0.25) is 0 Å². The molecule has 0 aliphatic carbocycles. The van der Waals surface area contributed by atoms with Crippen LogP contribution in [0.2, 0.25) is 5.02 Å². The molecule has 0 fully saturated rings. The normalized spacial score (nSPS) is 11.2. The molecule has 2 heteroatoms. The van der Waals surface area contributed by atoms with Crippen molar-refractivity contribution in [3.8, 4) is 0 Å². The number of hydrogen-bond donors (Lipinski definition) is 1. The van der Waals surface area contributed by atoms with Crippen molar-refractivity contribution in [2.24, 2.45) is 0 Å². The smallest absolute Gasteiger partial charge is 0.0455 e. The second kappa shape index (κ2) is 7.00. The van der Waals surface area contributed by atoms with Gasteiger partial charge in [-0.3, -0.25) is 0 Å². The highest BCUT2D eigenvalue weighted by Gasteiger charge is 2.10. The van der Waals surface area contributed by atoms with E-state index in [-0.39, 0.29) is 0 Å². The van der Waals surface area contributed by atoms with Crippen molar-refractivity contribution in [3.63, 3.8) is 0 Å². The van der Waals surface area contributed by atoms with Gasteiger partial charge in [0.25, 0.3) is 0 Å². The maximum atomic E-state index is 6.22. The summed E-state index contributed by atoms with van der Waals surface area (Å²) in [7, 11) is 0. The quantitative estimate of drug-likeness (QED) is 0.693. The van der Waals surface area contributed by atoms with E-state index in [1.807, 2.05) is 18.2 Å². The first kappa shape index (κ1) is 15.9. The van der Waals surface area contributed by atoms with Gasteiger partial charge in [0.1, 0.15) is 0 Å². The average Bonchev–Trinajstić information content (AvgIpc) is 2.46. The molecule has 0 heterocycles. The zero-order valence-electron chi connectivity index (χ0n) is 13.3. The summed E-state index contributed by atoms with van der Waals surface area (Å²) in [5.41, 5.74) is 5.09. The Labute approximate surface area is 133 Å². The Balaban J connectivity index is 2.21. The Morgan fingerprint density at radius 1 is 0.952 bits per heavy atom. The molecule has 0 atom stereocenters. The van der Waals surface area contributed by atoms with Gasteiger partial charge in [0.05, 0.1) is 0 Å². The van der Waals surface area contributed by atoms with Gasteiger partial charge in [-0.1, -0.05) is 69.6 Å². The Morgan fingerprint density at radius 2 is 1.67 bits per heavy atom. The van der Waals surface area contributed by atoms with Crippen molar-refractivity contribution in [1.82, 2.24) is 0 Å². The highest BCUT2D eigenvalue weighted by molar-refractivity contribution is 6.31. The molecule has 1 nitrogen and oxygen atoms in total. The molecule has 0 radical (unpaired) electrons. The maximum absolute atomic E-state index is 6.22. The summed E-state index contributed by atoms with van der Waals surface area (Å²) in [6, 6.07) is 14.7. The molecule has 0 spiro atoms. The number of halogens is 1. The summed E-state index contributed by atoms with van der Waals surface area (Å²) in [5, 5.41) is 4.35. The highest BCUT2D eigenvalue weighted by Crippen LogP contribution is 2.29. The molecule has 0 aliphatic rings. The van der Waals surface area contributed by atoms with Crippen LogP contribution in [-0.4, -0.2) is 0 Å². The molecule has 0 saturated heterocycles. The van der Waals surface area contributed by atoms with Crippen molar-refractivity contribution in [1.29, 1.82) is 0 Å². The van der Waals surface area contributed by atoms with Gasteiger partial charge in [-0.25, -0.2) is 0 Å². The van der Waals surface area contributed by atoms with Crippen LogP contribution in [0.5, 0.6) is 0 Å². The van der Waals surface area contributed by atoms with E-state index in [1.54, 1.807) is 0 Å². The van der Waals surface area contributed by atoms with Crippen molar-refractivity contribution < 1.29 is 0 Å². The lowest BCUT2D eigenvalue weighted by Crippen LogP contribution is -2.05. The van der Waals surface area contributed by atoms with Gasteiger partial charge < -0.3 is 5.32 Å². The summed E-state index contributed by atoms with van der Waals surface area (Å²) < 4.78 is 0. The van der Waals surface area contributed by atoms with Gasteiger partial charge in [0.15, 0.2) is 0 Å². The molecule has 0 saturated carbocycles. The first-order chi connectivity index (χ1) is 9.99. The van der Waals surface area contributed by atoms with Crippen LogP contribution in [0.1, 0.15) is 56.2 Å². The summed E-state index contributed by atoms with van der Waals surface area (Å²) in [5.74, 6) is 1.05. The van der Waals surface area contributed by atoms with Crippen LogP contribution in [0.3, 0.4) is 0 Å². The third kappa shape index (κ3) is 4.01. The van der Waals surface area contributed by atoms with Crippen LogP contribution in [0.25, 0.3) is 0 Å². The van der Waals surface area contributed by atoms with E-state index in [0.717, 1.165) is 17.1 Å². The Kier molecular flexibility index (Phi) is 5.30. The summed E-state index contributed by atoms with van der Waals surface area (Å²) in [6.07, 6.45) is 0. The van der Waals surface area contributed by atoms with Crippen molar-refractivity contribution in [2.75, 3.05) is 5.32 Å². The zero-order chi connectivity index (χ0) is 15.4. The standard InChI is InChI=1S/C19H24ClN/c1-13(2)15-9-10-19(17(11-15)14(3)4)21-12-16-7-5-6-8-18(16)20/h5-11,13-14,21H,12H2,1-4H3. The average molecular weight is 302 g/mol. The van der Waals surface area contributed by atoms with Gasteiger partial charge in [-0.05, 0) is 40.7 Å². The second-order valence-corrected chi connectivity index (χ2v) is 6.51. The molecule has 1 N–H and O–H groups in total. The third-order valence-corrected chi connectivity index (χ3v) is 4.16. The Bertz CT molecular complexity index is 602. The largest absolute Gasteiger partial charge is 0.381 e. The SMILES string of the molecule is CC(C)c1ccc(NCc2ccccc2Cl)c(C(C)C)c1. The molecule has 0 bridgehead atoms. The first-order valence-corrected chi connectivity index (χ1v) is 7.98. The number of hydrogen-bond acceptors (Lipinski definition) is 1. The fourth-order valence-electron chi connectivity index (χ4n) is 2.41. The molecule has 2 aromatic rings. The second-order valence-electron chi connectivity index (χ2n) is 6.10. The van der Waals surface area contributed by atoms with Crippen molar-refractivity contribution in [3.05, 3.63) is 64.2 Å². The molecule has 0 aromatic heterocycles. The van der Waals surface area contributed by atoms with Gasteiger partial charge in [0, 0.05) is 17.3 Å². The molecular weight excluding hydrogens is 278 g/mol. The Morgan fingerprint density at radius 3 is 2.29 bits per heavy atom. The van der Waals surface area contributed by atoms with Crippen LogP contribution in [0.15, 0.2) is 42.5 Å². The predicted octanol–water partition coefficient (Wildman–Crippen LogP) is 6.20. The molecule has 0 amide bonds. The van der Waals surface area contributed by atoms with Gasteiger partial charge >= 0.3 is 0 Å². The predicted molar refractivity (Wildman–Crippen MR) is 93.4 cm³/mol. The number of rotatable bonds is 5. The summed E-state index contributed by atoms with van der Waals surface area (Å²) in [6.45, 7) is 9.69. The van der Waals surface area contributed by atoms with Crippen molar-refractivity contribution in [2.45, 2.75) is 46.1 Å². The van der Waals surface area contributed by atoms with E-state index in [0.29, 0.717) is 11.8 Å². The van der Waals surface area contributed by atoms with Crippen LogP contribution in [-0.2, 0) is 6.54 Å². The topological polar surface area (TPSA) is 12.0 Å². The fourth-order valence-corrected chi connectivity index (χ4v) is 2.61. The number of nitrogens with one attached hydrogen (secondary N) is 1. The third-order valence-electron chi connectivity index (χ3n) is 3.79. The Hall–Kier alpha value is -1.47. The lowest BCUT2D eigenvalue weighted by Gasteiger charge is -2.18. The van der Waals surface area contributed by atoms with Crippen LogP contribution in [0.4, 0.5) is 5.69 Å². The van der Waals surface area contributed by atoms with E-state index >= 15 is 0 Å². The minimum Gasteiger partial charge on any atom is -0.381 e. The lowest BCUT2D eigenvalue weighted by molar-refractivity contribution is 0.833. The van der Waals surface area contributed by atoms with Crippen LogP contribution < -0.4 is 5.32 Å². The highest BCUT2D eigenvalue weighted by atomic mass is 35.5. The van der Waals surface area contributed by atoms with E-state index in [4.69, 9.17) is 11.6 Å². The van der Waals surface area contributed by atoms with E-state index < -0.39 is 0 Å².